The average molecular weight is 285 g/mol. The van der Waals surface area contributed by atoms with E-state index in [1.807, 2.05) is 26.2 Å². The van der Waals surface area contributed by atoms with E-state index in [1.165, 1.54) is 0 Å². The van der Waals surface area contributed by atoms with Gasteiger partial charge in [0, 0.05) is 23.7 Å². The molecule has 6 heteroatoms. The van der Waals surface area contributed by atoms with Gasteiger partial charge in [0.05, 0.1) is 6.04 Å². The van der Waals surface area contributed by atoms with E-state index in [4.69, 9.17) is 5.11 Å². The van der Waals surface area contributed by atoms with Crippen LogP contribution in [0.5, 0.6) is 0 Å². The number of carbonyl (C=O) groups excluding carboxylic acids is 1. The van der Waals surface area contributed by atoms with E-state index in [-0.39, 0.29) is 24.7 Å². The summed E-state index contributed by atoms with van der Waals surface area (Å²) in [6.07, 6.45) is 2.28. The molecule has 0 aliphatic heterocycles. The van der Waals surface area contributed by atoms with Crippen molar-refractivity contribution in [1.29, 1.82) is 0 Å². The van der Waals surface area contributed by atoms with E-state index in [9.17, 15) is 4.79 Å². The lowest BCUT2D eigenvalue weighted by molar-refractivity contribution is 0.230. The highest BCUT2D eigenvalue weighted by atomic mass is 32.1. The summed E-state index contributed by atoms with van der Waals surface area (Å²) in [7, 11) is 0. The molecule has 1 heterocycles. The predicted molar refractivity (Wildman–Crippen MR) is 77.3 cm³/mol. The summed E-state index contributed by atoms with van der Waals surface area (Å²) in [5.74, 6) is 0. The van der Waals surface area contributed by atoms with Crippen LogP contribution in [0.2, 0.25) is 0 Å². The van der Waals surface area contributed by atoms with E-state index in [0.29, 0.717) is 6.42 Å². The molecule has 108 valence electrons. The minimum Gasteiger partial charge on any atom is -0.396 e. The van der Waals surface area contributed by atoms with Gasteiger partial charge in [-0.2, -0.15) is 0 Å². The molecule has 1 rings (SSSR count). The molecule has 1 aromatic rings. The lowest BCUT2D eigenvalue weighted by Crippen LogP contribution is -2.42. The van der Waals surface area contributed by atoms with E-state index in [0.717, 1.165) is 23.5 Å². The molecular formula is C13H23N3O2S. The SMILES string of the molecule is CCC(NC(=O)NC(C)CCCO)c1nc(C)cs1. The quantitative estimate of drug-likeness (QED) is 0.720. The number of amides is 2. The maximum Gasteiger partial charge on any atom is 0.315 e. The number of nitrogens with zero attached hydrogens (tertiary/aromatic N) is 1. The van der Waals surface area contributed by atoms with Gasteiger partial charge in [-0.05, 0) is 33.1 Å². The van der Waals surface area contributed by atoms with Crippen molar-refractivity contribution in [2.75, 3.05) is 6.61 Å². The first-order valence-corrected chi connectivity index (χ1v) is 7.54. The number of aryl methyl sites for hydroxylation is 1. The van der Waals surface area contributed by atoms with Gasteiger partial charge >= 0.3 is 6.03 Å². The van der Waals surface area contributed by atoms with E-state index in [1.54, 1.807) is 11.3 Å². The lowest BCUT2D eigenvalue weighted by Gasteiger charge is -2.18. The Morgan fingerprint density at radius 3 is 2.79 bits per heavy atom. The van der Waals surface area contributed by atoms with Crippen LogP contribution in [0.4, 0.5) is 4.79 Å². The van der Waals surface area contributed by atoms with Gasteiger partial charge in [-0.25, -0.2) is 9.78 Å². The molecule has 2 amide bonds. The van der Waals surface area contributed by atoms with E-state index >= 15 is 0 Å². The van der Waals surface area contributed by atoms with Crippen LogP contribution in [-0.2, 0) is 0 Å². The van der Waals surface area contributed by atoms with Gasteiger partial charge in [0.1, 0.15) is 5.01 Å². The Labute approximate surface area is 118 Å². The second kappa shape index (κ2) is 8.12. The number of carbonyl (C=O) groups is 1. The van der Waals surface area contributed by atoms with Gasteiger partial charge in [-0.3, -0.25) is 0 Å². The second-order valence-corrected chi connectivity index (χ2v) is 5.56. The van der Waals surface area contributed by atoms with E-state index < -0.39 is 0 Å². The number of hydrogen-bond acceptors (Lipinski definition) is 4. The molecule has 2 atom stereocenters. The zero-order valence-electron chi connectivity index (χ0n) is 11.8. The van der Waals surface area contributed by atoms with Gasteiger partial charge in [0.15, 0.2) is 0 Å². The Morgan fingerprint density at radius 1 is 1.53 bits per heavy atom. The van der Waals surface area contributed by atoms with Crippen LogP contribution in [-0.4, -0.2) is 28.8 Å². The number of nitrogens with one attached hydrogen (secondary N) is 2. The number of aliphatic hydroxyl groups is 1. The summed E-state index contributed by atoms with van der Waals surface area (Å²) in [4.78, 5) is 16.3. The van der Waals surface area contributed by atoms with Gasteiger partial charge in [0.2, 0.25) is 0 Å². The minimum absolute atomic E-state index is 0.0382. The van der Waals surface area contributed by atoms with Gasteiger partial charge in [-0.1, -0.05) is 6.92 Å². The predicted octanol–water partition coefficient (Wildman–Crippen LogP) is 2.36. The zero-order chi connectivity index (χ0) is 14.3. The first-order valence-electron chi connectivity index (χ1n) is 6.66. The van der Waals surface area contributed by atoms with Gasteiger partial charge in [0.25, 0.3) is 0 Å². The van der Waals surface area contributed by atoms with Crippen LogP contribution in [0.25, 0.3) is 0 Å². The number of rotatable bonds is 7. The maximum absolute atomic E-state index is 11.9. The summed E-state index contributed by atoms with van der Waals surface area (Å²) in [5.41, 5.74) is 0.983. The molecule has 0 spiro atoms. The Kier molecular flexibility index (Phi) is 6.80. The smallest absolute Gasteiger partial charge is 0.315 e. The summed E-state index contributed by atoms with van der Waals surface area (Å²) in [5, 5.41) is 17.5. The van der Waals surface area contributed by atoms with Crippen molar-refractivity contribution in [2.45, 2.75) is 52.1 Å². The fourth-order valence-corrected chi connectivity index (χ4v) is 2.69. The van der Waals surface area contributed by atoms with Crippen molar-refractivity contribution >= 4 is 17.4 Å². The fourth-order valence-electron chi connectivity index (χ4n) is 1.76. The summed E-state index contributed by atoms with van der Waals surface area (Å²) in [6, 6.07) is -0.156. The Bertz CT molecular complexity index is 395. The molecule has 0 radical (unpaired) electrons. The number of aromatic nitrogens is 1. The topological polar surface area (TPSA) is 74.2 Å². The summed E-state index contributed by atoms with van der Waals surface area (Å²) in [6.45, 7) is 6.06. The number of urea groups is 1. The van der Waals surface area contributed by atoms with Crippen LogP contribution in [0, 0.1) is 6.92 Å². The first-order chi connectivity index (χ1) is 9.06. The van der Waals surface area contributed by atoms with Crippen molar-refractivity contribution < 1.29 is 9.90 Å². The second-order valence-electron chi connectivity index (χ2n) is 4.67. The molecule has 0 aliphatic carbocycles. The fraction of sp³-hybridized carbons (Fsp3) is 0.692. The normalized spacial score (nSPS) is 13.9. The molecule has 0 bridgehead atoms. The Balaban J connectivity index is 2.45. The van der Waals surface area contributed by atoms with E-state index in [2.05, 4.69) is 15.6 Å². The van der Waals surface area contributed by atoms with Crippen LogP contribution in [0.1, 0.15) is 49.9 Å². The molecule has 19 heavy (non-hydrogen) atoms. The molecule has 0 fully saturated rings. The third-order valence-electron chi connectivity index (χ3n) is 2.82. The Hall–Kier alpha value is -1.14. The third kappa shape index (κ3) is 5.57. The average Bonchev–Trinajstić information content (AvgIpc) is 2.80. The molecule has 0 aliphatic rings. The van der Waals surface area contributed by atoms with Crippen molar-refractivity contribution in [3.8, 4) is 0 Å². The zero-order valence-corrected chi connectivity index (χ0v) is 12.6. The van der Waals surface area contributed by atoms with Crippen LogP contribution in [0.15, 0.2) is 5.38 Å². The number of thiazole rings is 1. The molecule has 0 saturated heterocycles. The van der Waals surface area contributed by atoms with Crippen LogP contribution >= 0.6 is 11.3 Å². The molecule has 5 nitrogen and oxygen atoms in total. The third-order valence-corrected chi connectivity index (χ3v) is 3.90. The van der Waals surface area contributed by atoms with Gasteiger partial charge in [-0.15, -0.1) is 11.3 Å². The lowest BCUT2D eigenvalue weighted by atomic mass is 10.2. The number of aliphatic hydroxyl groups excluding tert-OH is 1. The van der Waals surface area contributed by atoms with Crippen molar-refractivity contribution in [3.63, 3.8) is 0 Å². The van der Waals surface area contributed by atoms with Crippen LogP contribution in [0.3, 0.4) is 0 Å². The molecular weight excluding hydrogens is 262 g/mol. The Morgan fingerprint density at radius 2 is 2.26 bits per heavy atom. The highest BCUT2D eigenvalue weighted by Crippen LogP contribution is 2.20. The first kappa shape index (κ1) is 15.9. The highest BCUT2D eigenvalue weighted by molar-refractivity contribution is 7.09. The van der Waals surface area contributed by atoms with Crippen molar-refractivity contribution in [3.05, 3.63) is 16.1 Å². The monoisotopic (exact) mass is 285 g/mol. The molecule has 3 N–H and O–H groups in total. The molecule has 1 aromatic heterocycles. The largest absolute Gasteiger partial charge is 0.396 e. The van der Waals surface area contributed by atoms with Crippen molar-refractivity contribution in [2.24, 2.45) is 0 Å². The molecule has 0 aromatic carbocycles. The highest BCUT2D eigenvalue weighted by Gasteiger charge is 2.16. The van der Waals surface area contributed by atoms with Crippen LogP contribution < -0.4 is 10.6 Å². The van der Waals surface area contributed by atoms with Crippen molar-refractivity contribution in [1.82, 2.24) is 15.6 Å². The minimum atomic E-state index is -0.176. The number of hydrogen-bond donors (Lipinski definition) is 3. The standard InChI is InChI=1S/C13H23N3O2S/c1-4-11(12-14-10(3)8-19-12)16-13(18)15-9(2)6-5-7-17/h8-9,11,17H,4-7H2,1-3H3,(H2,15,16,18). The summed E-state index contributed by atoms with van der Waals surface area (Å²) < 4.78 is 0. The van der Waals surface area contributed by atoms with Gasteiger partial charge < -0.3 is 15.7 Å². The molecule has 2 unspecified atom stereocenters. The summed E-state index contributed by atoms with van der Waals surface area (Å²) >= 11 is 1.57. The molecule has 0 saturated carbocycles. The maximum atomic E-state index is 11.9.